The highest BCUT2D eigenvalue weighted by atomic mass is 35.5. The van der Waals surface area contributed by atoms with E-state index in [0.29, 0.717) is 10.4 Å². The number of hydrogen-bond acceptors (Lipinski definition) is 4. The summed E-state index contributed by atoms with van der Waals surface area (Å²) < 4.78 is 0. The molecule has 3 nitrogen and oxygen atoms in total. The first-order chi connectivity index (χ1) is 8.22. The lowest BCUT2D eigenvalue weighted by molar-refractivity contribution is 0.715. The molecule has 1 aliphatic heterocycles. The summed E-state index contributed by atoms with van der Waals surface area (Å²) in [6.45, 7) is 6.41. The molecule has 0 saturated carbocycles. The van der Waals surface area contributed by atoms with Crippen molar-refractivity contribution in [1.29, 1.82) is 0 Å². The SMILES string of the molecule is CCc1nc(Cl)cc(N2CCSC(CC)C2)n1. The Labute approximate surface area is 112 Å². The maximum Gasteiger partial charge on any atom is 0.134 e. The van der Waals surface area contributed by atoms with Gasteiger partial charge in [0, 0.05) is 36.6 Å². The fourth-order valence-electron chi connectivity index (χ4n) is 1.95. The molecule has 1 fully saturated rings. The van der Waals surface area contributed by atoms with E-state index in [2.05, 4.69) is 40.5 Å². The van der Waals surface area contributed by atoms with Crippen molar-refractivity contribution in [2.45, 2.75) is 31.9 Å². The normalized spacial score (nSPS) is 20.6. The van der Waals surface area contributed by atoms with Gasteiger partial charge in [-0.15, -0.1) is 0 Å². The second-order valence-corrected chi connectivity index (χ2v) is 5.96. The predicted octanol–water partition coefficient (Wildman–Crippen LogP) is 3.02. The van der Waals surface area contributed by atoms with E-state index in [1.54, 1.807) is 0 Å². The van der Waals surface area contributed by atoms with Crippen LogP contribution in [0.3, 0.4) is 0 Å². The van der Waals surface area contributed by atoms with E-state index in [1.807, 2.05) is 6.07 Å². The molecule has 0 radical (unpaired) electrons. The fraction of sp³-hybridized carbons (Fsp3) is 0.667. The number of aromatic nitrogens is 2. The number of rotatable bonds is 3. The number of aryl methyl sites for hydroxylation is 1. The maximum atomic E-state index is 6.04. The highest BCUT2D eigenvalue weighted by molar-refractivity contribution is 8.00. The number of halogens is 1. The van der Waals surface area contributed by atoms with Gasteiger partial charge in [-0.1, -0.05) is 25.4 Å². The van der Waals surface area contributed by atoms with Gasteiger partial charge in [-0.05, 0) is 6.42 Å². The Morgan fingerprint density at radius 2 is 2.29 bits per heavy atom. The molecule has 0 spiro atoms. The standard InChI is InChI=1S/C12H18ClN3S/c1-3-9-8-16(5-6-17-9)12-7-10(13)14-11(4-2)15-12/h7,9H,3-6,8H2,1-2H3. The van der Waals surface area contributed by atoms with E-state index >= 15 is 0 Å². The lowest BCUT2D eigenvalue weighted by Crippen LogP contribution is -2.38. The Hall–Kier alpha value is -0.480. The summed E-state index contributed by atoms with van der Waals surface area (Å²) in [7, 11) is 0. The first-order valence-electron chi connectivity index (χ1n) is 6.13. The van der Waals surface area contributed by atoms with Crippen molar-refractivity contribution in [2.24, 2.45) is 0 Å². The van der Waals surface area contributed by atoms with Crippen LogP contribution in [0.5, 0.6) is 0 Å². The van der Waals surface area contributed by atoms with Crippen molar-refractivity contribution in [1.82, 2.24) is 9.97 Å². The maximum absolute atomic E-state index is 6.04. The van der Waals surface area contributed by atoms with Gasteiger partial charge >= 0.3 is 0 Å². The molecule has 1 unspecified atom stereocenters. The lowest BCUT2D eigenvalue weighted by Gasteiger charge is -2.32. The molecule has 0 aromatic carbocycles. The summed E-state index contributed by atoms with van der Waals surface area (Å²) in [6.07, 6.45) is 2.04. The molecule has 1 atom stereocenters. The number of nitrogens with zero attached hydrogens (tertiary/aromatic N) is 3. The zero-order valence-electron chi connectivity index (χ0n) is 10.3. The van der Waals surface area contributed by atoms with E-state index in [0.717, 1.165) is 31.2 Å². The summed E-state index contributed by atoms with van der Waals surface area (Å²) in [6, 6.07) is 1.88. The molecule has 5 heteroatoms. The van der Waals surface area contributed by atoms with Crippen LogP contribution in [0.15, 0.2) is 6.07 Å². The van der Waals surface area contributed by atoms with Crippen LogP contribution in [0.4, 0.5) is 5.82 Å². The van der Waals surface area contributed by atoms with Crippen LogP contribution in [0.2, 0.25) is 5.15 Å². The summed E-state index contributed by atoms with van der Waals surface area (Å²) in [4.78, 5) is 11.1. The van der Waals surface area contributed by atoms with E-state index in [9.17, 15) is 0 Å². The van der Waals surface area contributed by atoms with Gasteiger partial charge in [0.15, 0.2) is 0 Å². The van der Waals surface area contributed by atoms with Gasteiger partial charge in [0.2, 0.25) is 0 Å². The Morgan fingerprint density at radius 3 is 3.00 bits per heavy atom. The molecule has 2 heterocycles. The quantitative estimate of drug-likeness (QED) is 0.791. The first kappa shape index (κ1) is 13.0. The predicted molar refractivity (Wildman–Crippen MR) is 75.2 cm³/mol. The Morgan fingerprint density at radius 1 is 1.47 bits per heavy atom. The third kappa shape index (κ3) is 3.26. The van der Waals surface area contributed by atoms with E-state index in [-0.39, 0.29) is 0 Å². The van der Waals surface area contributed by atoms with E-state index in [4.69, 9.17) is 11.6 Å². The monoisotopic (exact) mass is 271 g/mol. The third-order valence-electron chi connectivity index (χ3n) is 2.96. The lowest BCUT2D eigenvalue weighted by atomic mass is 10.3. The van der Waals surface area contributed by atoms with Gasteiger partial charge in [0.1, 0.15) is 16.8 Å². The topological polar surface area (TPSA) is 29.0 Å². The second-order valence-electron chi connectivity index (χ2n) is 4.17. The van der Waals surface area contributed by atoms with Crippen molar-refractivity contribution in [3.63, 3.8) is 0 Å². The Bertz CT molecular complexity index is 386. The molecule has 0 N–H and O–H groups in total. The molecule has 0 aliphatic carbocycles. The molecule has 94 valence electrons. The molecule has 2 rings (SSSR count). The van der Waals surface area contributed by atoms with Gasteiger partial charge in [-0.25, -0.2) is 9.97 Å². The molecule has 0 bridgehead atoms. The molecule has 1 aromatic heterocycles. The summed E-state index contributed by atoms with van der Waals surface area (Å²) in [5.74, 6) is 2.99. The van der Waals surface area contributed by atoms with Crippen molar-refractivity contribution >= 4 is 29.2 Å². The van der Waals surface area contributed by atoms with Crippen molar-refractivity contribution in [3.8, 4) is 0 Å². The van der Waals surface area contributed by atoms with Gasteiger partial charge in [0.25, 0.3) is 0 Å². The molecule has 0 amide bonds. The van der Waals surface area contributed by atoms with Crippen molar-refractivity contribution < 1.29 is 0 Å². The van der Waals surface area contributed by atoms with Crippen molar-refractivity contribution in [2.75, 3.05) is 23.7 Å². The third-order valence-corrected chi connectivity index (χ3v) is 4.53. The largest absolute Gasteiger partial charge is 0.355 e. The fourth-order valence-corrected chi connectivity index (χ4v) is 3.32. The summed E-state index contributed by atoms with van der Waals surface area (Å²) >= 11 is 8.09. The molecule has 1 saturated heterocycles. The highest BCUT2D eigenvalue weighted by Gasteiger charge is 2.20. The van der Waals surface area contributed by atoms with Crippen molar-refractivity contribution in [3.05, 3.63) is 17.0 Å². The summed E-state index contributed by atoms with van der Waals surface area (Å²) in [5.41, 5.74) is 0. The van der Waals surface area contributed by atoms with Crippen LogP contribution in [0.1, 0.15) is 26.1 Å². The van der Waals surface area contributed by atoms with E-state index in [1.165, 1.54) is 12.2 Å². The minimum Gasteiger partial charge on any atom is -0.355 e. The van der Waals surface area contributed by atoms with Gasteiger partial charge in [-0.3, -0.25) is 0 Å². The second kappa shape index (κ2) is 5.91. The zero-order valence-corrected chi connectivity index (χ0v) is 11.9. The highest BCUT2D eigenvalue weighted by Crippen LogP contribution is 2.25. The van der Waals surface area contributed by atoms with E-state index < -0.39 is 0 Å². The van der Waals surface area contributed by atoms with Crippen LogP contribution in [-0.2, 0) is 6.42 Å². The minimum atomic E-state index is 0.554. The van der Waals surface area contributed by atoms with Gasteiger partial charge < -0.3 is 4.90 Å². The molecule has 1 aliphatic rings. The van der Waals surface area contributed by atoms with Gasteiger partial charge in [0.05, 0.1) is 0 Å². The Balaban J connectivity index is 2.18. The minimum absolute atomic E-state index is 0.554. The van der Waals surface area contributed by atoms with Crippen LogP contribution in [0.25, 0.3) is 0 Å². The number of thioether (sulfide) groups is 1. The molecular formula is C12H18ClN3S. The molecule has 1 aromatic rings. The van der Waals surface area contributed by atoms with Crippen LogP contribution in [0, 0.1) is 0 Å². The molecular weight excluding hydrogens is 254 g/mol. The average molecular weight is 272 g/mol. The van der Waals surface area contributed by atoms with Crippen LogP contribution >= 0.6 is 23.4 Å². The Kier molecular flexibility index (Phi) is 4.51. The molecule has 17 heavy (non-hydrogen) atoms. The number of hydrogen-bond donors (Lipinski definition) is 0. The smallest absolute Gasteiger partial charge is 0.134 e. The zero-order chi connectivity index (χ0) is 12.3. The van der Waals surface area contributed by atoms with Gasteiger partial charge in [-0.2, -0.15) is 11.8 Å². The van der Waals surface area contributed by atoms with Crippen LogP contribution in [-0.4, -0.2) is 34.1 Å². The average Bonchev–Trinajstić information content (AvgIpc) is 2.38. The first-order valence-corrected chi connectivity index (χ1v) is 7.55. The van der Waals surface area contributed by atoms with Crippen LogP contribution < -0.4 is 4.90 Å². The number of anilines is 1. The summed E-state index contributed by atoms with van der Waals surface area (Å²) in [5, 5.41) is 1.26.